The monoisotopic (exact) mass is 360 g/mol. The quantitative estimate of drug-likeness (QED) is 0.768. The SMILES string of the molecule is CCOc1ccc(N=C2C(=O)N3c4c(ccc(C)c42)C(C)=CC3(C)C)cc1. The largest absolute Gasteiger partial charge is 0.494 e. The van der Waals surface area contributed by atoms with E-state index < -0.39 is 0 Å². The highest BCUT2D eigenvalue weighted by Gasteiger charge is 2.45. The minimum atomic E-state index is -0.382. The van der Waals surface area contributed by atoms with E-state index >= 15 is 0 Å². The third-order valence-corrected chi connectivity index (χ3v) is 5.21. The Hall–Kier alpha value is -2.88. The fraction of sp³-hybridized carbons (Fsp3) is 0.304. The molecule has 0 spiro atoms. The lowest BCUT2D eigenvalue weighted by atomic mass is 9.88. The van der Waals surface area contributed by atoms with Gasteiger partial charge in [0.25, 0.3) is 5.91 Å². The third-order valence-electron chi connectivity index (χ3n) is 5.21. The molecule has 138 valence electrons. The van der Waals surface area contributed by atoms with Gasteiger partial charge in [-0.15, -0.1) is 0 Å². The van der Waals surface area contributed by atoms with Gasteiger partial charge in [-0.25, -0.2) is 4.99 Å². The number of hydrogen-bond acceptors (Lipinski definition) is 3. The molecule has 0 bridgehead atoms. The van der Waals surface area contributed by atoms with Crippen LogP contribution in [0.1, 0.15) is 44.4 Å². The molecule has 4 heteroatoms. The first-order valence-corrected chi connectivity index (χ1v) is 9.33. The number of amides is 1. The Labute approximate surface area is 160 Å². The lowest BCUT2D eigenvalue weighted by Gasteiger charge is -2.38. The Bertz CT molecular complexity index is 998. The summed E-state index contributed by atoms with van der Waals surface area (Å²) < 4.78 is 5.49. The molecule has 2 heterocycles. The molecule has 0 N–H and O–H groups in total. The van der Waals surface area contributed by atoms with Gasteiger partial charge in [0.05, 0.1) is 23.5 Å². The standard InChI is InChI=1S/C23H24N2O2/c1-6-27-17-10-8-16(9-11-17)24-20-19-14(2)7-12-18-15(3)13-23(4,5)25(21(18)19)22(20)26/h7-13H,6H2,1-5H3. The highest BCUT2D eigenvalue weighted by atomic mass is 16.5. The zero-order valence-corrected chi connectivity index (χ0v) is 16.5. The fourth-order valence-corrected chi connectivity index (χ4v) is 4.09. The predicted octanol–water partition coefficient (Wildman–Crippen LogP) is 5.06. The van der Waals surface area contributed by atoms with E-state index in [0.717, 1.165) is 33.8 Å². The average molecular weight is 360 g/mol. The Kier molecular flexibility index (Phi) is 3.95. The van der Waals surface area contributed by atoms with E-state index in [1.807, 2.05) is 43.0 Å². The number of hydrogen-bond donors (Lipinski definition) is 0. The summed E-state index contributed by atoms with van der Waals surface area (Å²) in [5.74, 6) is 0.766. The van der Waals surface area contributed by atoms with Gasteiger partial charge in [0.15, 0.2) is 0 Å². The Morgan fingerprint density at radius 1 is 1.07 bits per heavy atom. The summed E-state index contributed by atoms with van der Waals surface area (Å²) >= 11 is 0. The molecule has 2 aliphatic rings. The second-order valence-electron chi connectivity index (χ2n) is 7.66. The van der Waals surface area contributed by atoms with Crippen LogP contribution in [0, 0.1) is 6.92 Å². The van der Waals surface area contributed by atoms with Gasteiger partial charge in [-0.1, -0.05) is 18.2 Å². The van der Waals surface area contributed by atoms with Crippen LogP contribution in [0.15, 0.2) is 47.5 Å². The minimum absolute atomic E-state index is 0.0387. The summed E-state index contributed by atoms with van der Waals surface area (Å²) in [7, 11) is 0. The van der Waals surface area contributed by atoms with E-state index in [1.165, 1.54) is 5.57 Å². The molecular weight excluding hydrogens is 336 g/mol. The van der Waals surface area contributed by atoms with E-state index in [0.29, 0.717) is 12.3 Å². The summed E-state index contributed by atoms with van der Waals surface area (Å²) in [6.45, 7) is 10.9. The number of anilines is 1. The van der Waals surface area contributed by atoms with Crippen LogP contribution >= 0.6 is 0 Å². The molecule has 1 amide bonds. The molecule has 0 aromatic heterocycles. The molecule has 0 radical (unpaired) electrons. The first kappa shape index (κ1) is 17.5. The number of carbonyl (C=O) groups excluding carboxylic acids is 1. The number of aliphatic imine (C=N–C) groups is 1. The lowest BCUT2D eigenvalue weighted by Crippen LogP contribution is -2.47. The molecule has 2 aliphatic heterocycles. The molecule has 2 aromatic carbocycles. The van der Waals surface area contributed by atoms with Crippen LogP contribution in [0.3, 0.4) is 0 Å². The molecule has 0 unspecified atom stereocenters. The van der Waals surface area contributed by atoms with Gasteiger partial charge in [0.2, 0.25) is 0 Å². The molecule has 4 nitrogen and oxygen atoms in total. The van der Waals surface area contributed by atoms with E-state index in [1.54, 1.807) is 0 Å². The van der Waals surface area contributed by atoms with Gasteiger partial charge in [0.1, 0.15) is 11.5 Å². The maximum absolute atomic E-state index is 13.4. The molecule has 0 atom stereocenters. The molecule has 2 aromatic rings. The number of benzene rings is 2. The first-order chi connectivity index (χ1) is 12.8. The van der Waals surface area contributed by atoms with Crippen LogP contribution in [-0.4, -0.2) is 23.8 Å². The number of nitrogens with zero attached hydrogens (tertiary/aromatic N) is 2. The van der Waals surface area contributed by atoms with Crippen molar-refractivity contribution in [1.29, 1.82) is 0 Å². The van der Waals surface area contributed by atoms with Gasteiger partial charge >= 0.3 is 0 Å². The first-order valence-electron chi connectivity index (χ1n) is 9.33. The number of ether oxygens (including phenoxy) is 1. The summed E-state index contributed by atoms with van der Waals surface area (Å²) in [4.78, 5) is 20.0. The molecule has 0 saturated carbocycles. The fourth-order valence-electron chi connectivity index (χ4n) is 4.09. The maximum Gasteiger partial charge on any atom is 0.278 e. The number of allylic oxidation sites excluding steroid dienone is 1. The summed E-state index contributed by atoms with van der Waals surface area (Å²) in [6, 6.07) is 11.7. The van der Waals surface area contributed by atoms with Crippen molar-refractivity contribution < 1.29 is 9.53 Å². The zero-order valence-electron chi connectivity index (χ0n) is 16.5. The van der Waals surface area contributed by atoms with Crippen molar-refractivity contribution in [2.24, 2.45) is 4.99 Å². The predicted molar refractivity (Wildman–Crippen MR) is 110 cm³/mol. The smallest absolute Gasteiger partial charge is 0.278 e. The number of rotatable bonds is 3. The second kappa shape index (κ2) is 6.08. The highest BCUT2D eigenvalue weighted by Crippen LogP contribution is 2.46. The van der Waals surface area contributed by atoms with Crippen molar-refractivity contribution >= 4 is 28.6 Å². The maximum atomic E-state index is 13.4. The van der Waals surface area contributed by atoms with Crippen LogP contribution in [-0.2, 0) is 4.79 Å². The molecule has 0 fully saturated rings. The molecule has 0 aliphatic carbocycles. The summed E-state index contributed by atoms with van der Waals surface area (Å²) in [5.41, 5.74) is 6.21. The van der Waals surface area contributed by atoms with E-state index in [4.69, 9.17) is 9.73 Å². The van der Waals surface area contributed by atoms with Crippen molar-refractivity contribution in [3.8, 4) is 5.75 Å². The Morgan fingerprint density at radius 2 is 1.78 bits per heavy atom. The third kappa shape index (κ3) is 2.67. The number of carbonyl (C=O) groups is 1. The average Bonchev–Trinajstić information content (AvgIpc) is 2.90. The van der Waals surface area contributed by atoms with Crippen LogP contribution in [0.2, 0.25) is 0 Å². The van der Waals surface area contributed by atoms with Gasteiger partial charge < -0.3 is 4.74 Å². The molecule has 0 saturated heterocycles. The summed E-state index contributed by atoms with van der Waals surface area (Å²) in [6.07, 6.45) is 2.16. The Morgan fingerprint density at radius 3 is 2.44 bits per heavy atom. The van der Waals surface area contributed by atoms with Gasteiger partial charge in [-0.3, -0.25) is 9.69 Å². The van der Waals surface area contributed by atoms with Gasteiger partial charge in [0, 0.05) is 11.1 Å². The molecular formula is C23H24N2O2. The van der Waals surface area contributed by atoms with Crippen LogP contribution in [0.4, 0.5) is 11.4 Å². The highest BCUT2D eigenvalue weighted by molar-refractivity contribution is 6.56. The van der Waals surface area contributed by atoms with Gasteiger partial charge in [-0.05, 0) is 70.0 Å². The van der Waals surface area contributed by atoms with E-state index in [2.05, 4.69) is 39.0 Å². The molecule has 4 rings (SSSR count). The minimum Gasteiger partial charge on any atom is -0.494 e. The second-order valence-corrected chi connectivity index (χ2v) is 7.66. The van der Waals surface area contributed by atoms with Crippen molar-refractivity contribution in [2.45, 2.75) is 40.2 Å². The summed E-state index contributed by atoms with van der Waals surface area (Å²) in [5, 5.41) is 0. The van der Waals surface area contributed by atoms with Crippen molar-refractivity contribution in [3.63, 3.8) is 0 Å². The zero-order chi connectivity index (χ0) is 19.3. The normalized spacial score (nSPS) is 18.6. The van der Waals surface area contributed by atoms with Gasteiger partial charge in [-0.2, -0.15) is 0 Å². The van der Waals surface area contributed by atoms with E-state index in [9.17, 15) is 4.79 Å². The van der Waals surface area contributed by atoms with E-state index in [-0.39, 0.29) is 11.4 Å². The van der Waals surface area contributed by atoms with Crippen molar-refractivity contribution in [2.75, 3.05) is 11.5 Å². The topological polar surface area (TPSA) is 41.9 Å². The van der Waals surface area contributed by atoms with Crippen LogP contribution in [0.25, 0.3) is 5.57 Å². The Balaban J connectivity index is 1.88. The number of aryl methyl sites for hydroxylation is 1. The van der Waals surface area contributed by atoms with Crippen molar-refractivity contribution in [1.82, 2.24) is 0 Å². The van der Waals surface area contributed by atoms with Crippen LogP contribution in [0.5, 0.6) is 5.75 Å². The molecule has 27 heavy (non-hydrogen) atoms. The van der Waals surface area contributed by atoms with Crippen LogP contribution < -0.4 is 9.64 Å². The van der Waals surface area contributed by atoms with Crippen molar-refractivity contribution in [3.05, 3.63) is 59.2 Å². The lowest BCUT2D eigenvalue weighted by molar-refractivity contribution is -0.112.